The van der Waals surface area contributed by atoms with Crippen molar-refractivity contribution in [1.82, 2.24) is 20.2 Å². The van der Waals surface area contributed by atoms with Gasteiger partial charge in [0.2, 0.25) is 0 Å². The molecule has 0 aliphatic carbocycles. The molecule has 1 heterocycles. The molecule has 1 aromatic heterocycles. The van der Waals surface area contributed by atoms with Crippen LogP contribution in [-0.2, 0) is 32.0 Å². The molecule has 0 spiro atoms. The van der Waals surface area contributed by atoms with E-state index in [4.69, 9.17) is 10.5 Å². The summed E-state index contributed by atoms with van der Waals surface area (Å²) in [7, 11) is 1.29. The molecule has 0 aliphatic rings. The summed E-state index contributed by atoms with van der Waals surface area (Å²) in [5.41, 5.74) is 5.65. The molecule has 0 bridgehead atoms. The highest BCUT2D eigenvalue weighted by Gasteiger charge is 2.16. The Morgan fingerprint density at radius 3 is 2.86 bits per heavy atom. The van der Waals surface area contributed by atoms with E-state index in [-0.39, 0.29) is 5.97 Å². The van der Waals surface area contributed by atoms with Crippen LogP contribution < -0.4 is 5.73 Å². The van der Waals surface area contributed by atoms with Crippen molar-refractivity contribution in [2.75, 3.05) is 13.7 Å². The third kappa shape index (κ3) is 5.86. The molecule has 9 nitrogen and oxygen atoms in total. The van der Waals surface area contributed by atoms with E-state index in [1.54, 1.807) is 11.6 Å². The van der Waals surface area contributed by atoms with Crippen LogP contribution in [0.4, 0.5) is 0 Å². The van der Waals surface area contributed by atoms with Crippen LogP contribution in [-0.4, -0.2) is 51.9 Å². The molecule has 0 amide bonds. The highest BCUT2D eigenvalue weighted by molar-refractivity contribution is 5.75. The van der Waals surface area contributed by atoms with Gasteiger partial charge < -0.3 is 15.2 Å². The van der Waals surface area contributed by atoms with E-state index in [2.05, 4.69) is 20.3 Å². The average molecular weight is 299 g/mol. The maximum absolute atomic E-state index is 11.2. The number of tetrazole rings is 1. The lowest BCUT2D eigenvalue weighted by Crippen LogP contribution is -2.32. The van der Waals surface area contributed by atoms with Crippen molar-refractivity contribution in [2.45, 2.75) is 45.2 Å². The summed E-state index contributed by atoms with van der Waals surface area (Å²) in [5.74, 6) is -0.0746. The van der Waals surface area contributed by atoms with Crippen molar-refractivity contribution >= 4 is 11.9 Å². The Hall–Kier alpha value is -2.03. The van der Waals surface area contributed by atoms with E-state index in [9.17, 15) is 9.59 Å². The first kappa shape index (κ1) is 17.0. The molecule has 1 atom stereocenters. The zero-order valence-electron chi connectivity index (χ0n) is 12.3. The quantitative estimate of drug-likeness (QED) is 0.602. The number of nitrogens with zero attached hydrogens (tertiary/aromatic N) is 4. The summed E-state index contributed by atoms with van der Waals surface area (Å²) in [6.45, 7) is 2.65. The number of hydrogen-bond donors (Lipinski definition) is 1. The summed E-state index contributed by atoms with van der Waals surface area (Å²) < 4.78 is 11.0. The highest BCUT2D eigenvalue weighted by Crippen LogP contribution is 2.04. The smallest absolute Gasteiger partial charge is 0.322 e. The second kappa shape index (κ2) is 9.01. The Labute approximate surface area is 122 Å². The number of carbonyl (C=O) groups is 2. The van der Waals surface area contributed by atoms with Crippen molar-refractivity contribution in [3.63, 3.8) is 0 Å². The zero-order chi connectivity index (χ0) is 15.7. The first-order valence-corrected chi connectivity index (χ1v) is 6.82. The minimum absolute atomic E-state index is 0.236. The number of methoxy groups -OCH3 is 1. The average Bonchev–Trinajstić information content (AvgIpc) is 2.91. The van der Waals surface area contributed by atoms with Crippen molar-refractivity contribution in [2.24, 2.45) is 5.73 Å². The second-order valence-electron chi connectivity index (χ2n) is 4.40. The molecule has 2 N–H and O–H groups in total. The van der Waals surface area contributed by atoms with Gasteiger partial charge in [-0.25, -0.2) is 4.68 Å². The van der Waals surface area contributed by atoms with Gasteiger partial charge in [0.15, 0.2) is 5.82 Å². The van der Waals surface area contributed by atoms with Gasteiger partial charge in [-0.1, -0.05) is 0 Å². The molecule has 0 fully saturated rings. The van der Waals surface area contributed by atoms with Crippen molar-refractivity contribution in [3.05, 3.63) is 5.82 Å². The van der Waals surface area contributed by atoms with E-state index in [1.807, 2.05) is 0 Å². The summed E-state index contributed by atoms with van der Waals surface area (Å²) in [5, 5.41) is 11.3. The van der Waals surface area contributed by atoms with Crippen LogP contribution in [0.3, 0.4) is 0 Å². The van der Waals surface area contributed by atoms with E-state index in [1.165, 1.54) is 7.11 Å². The van der Waals surface area contributed by atoms with Crippen molar-refractivity contribution in [3.8, 4) is 0 Å². The summed E-state index contributed by atoms with van der Waals surface area (Å²) in [6, 6.07) is -0.695. The predicted molar refractivity (Wildman–Crippen MR) is 72.0 cm³/mol. The predicted octanol–water partition coefficient (Wildman–Crippen LogP) is -0.551. The van der Waals surface area contributed by atoms with Gasteiger partial charge in [-0.2, -0.15) is 0 Å². The molecule has 0 unspecified atom stereocenters. The number of hydrogen-bond acceptors (Lipinski definition) is 8. The number of ether oxygens (including phenoxy) is 2. The SMILES string of the molecule is CCOC(=O)CCCn1nnnc1CC[C@H](N)C(=O)OC. The third-order valence-corrected chi connectivity index (χ3v) is 2.85. The molecule has 1 rings (SSSR count). The van der Waals surface area contributed by atoms with Crippen molar-refractivity contribution in [1.29, 1.82) is 0 Å². The molecule has 0 saturated carbocycles. The molecule has 0 radical (unpaired) electrons. The van der Waals surface area contributed by atoms with Crippen LogP contribution in [0.2, 0.25) is 0 Å². The van der Waals surface area contributed by atoms with Gasteiger partial charge in [0, 0.05) is 19.4 Å². The molecule has 1 aromatic rings. The summed E-state index contributed by atoms with van der Waals surface area (Å²) in [6.07, 6.45) is 1.75. The van der Waals surface area contributed by atoms with Gasteiger partial charge in [0.05, 0.1) is 13.7 Å². The third-order valence-electron chi connectivity index (χ3n) is 2.85. The summed E-state index contributed by atoms with van der Waals surface area (Å²) in [4.78, 5) is 22.4. The molecule has 0 saturated heterocycles. The van der Waals surface area contributed by atoms with E-state index in [0.29, 0.717) is 44.7 Å². The van der Waals surface area contributed by atoms with Crippen LogP contribution in [0, 0.1) is 0 Å². The lowest BCUT2D eigenvalue weighted by Gasteiger charge is -2.09. The second-order valence-corrected chi connectivity index (χ2v) is 4.40. The van der Waals surface area contributed by atoms with Gasteiger partial charge in [0.1, 0.15) is 6.04 Å². The molecular weight excluding hydrogens is 278 g/mol. The number of aryl methyl sites for hydroxylation is 2. The molecule has 21 heavy (non-hydrogen) atoms. The fraction of sp³-hybridized carbons (Fsp3) is 0.750. The normalized spacial score (nSPS) is 12.0. The van der Waals surface area contributed by atoms with Gasteiger partial charge in [-0.3, -0.25) is 9.59 Å². The number of nitrogens with two attached hydrogens (primary N) is 1. The number of carbonyl (C=O) groups excluding carboxylic acids is 2. The molecule has 0 aromatic carbocycles. The number of rotatable bonds is 9. The Balaban J connectivity index is 2.39. The lowest BCUT2D eigenvalue weighted by molar-refractivity contribution is -0.143. The maximum Gasteiger partial charge on any atom is 0.322 e. The number of esters is 2. The van der Waals surface area contributed by atoms with Gasteiger partial charge in [0.25, 0.3) is 0 Å². The Kier molecular flexibility index (Phi) is 7.30. The fourth-order valence-electron chi connectivity index (χ4n) is 1.74. The minimum Gasteiger partial charge on any atom is -0.468 e. The Bertz CT molecular complexity index is 462. The molecule has 9 heteroatoms. The van der Waals surface area contributed by atoms with Crippen LogP contribution in [0.25, 0.3) is 0 Å². The first-order valence-electron chi connectivity index (χ1n) is 6.82. The Morgan fingerprint density at radius 2 is 2.19 bits per heavy atom. The zero-order valence-corrected chi connectivity index (χ0v) is 12.3. The number of aromatic nitrogens is 4. The monoisotopic (exact) mass is 299 g/mol. The van der Waals surface area contributed by atoms with E-state index < -0.39 is 12.0 Å². The lowest BCUT2D eigenvalue weighted by atomic mass is 10.1. The van der Waals surface area contributed by atoms with Crippen LogP contribution in [0.5, 0.6) is 0 Å². The largest absolute Gasteiger partial charge is 0.468 e. The van der Waals surface area contributed by atoms with Crippen molar-refractivity contribution < 1.29 is 19.1 Å². The van der Waals surface area contributed by atoms with Crippen LogP contribution in [0.1, 0.15) is 32.0 Å². The topological polar surface area (TPSA) is 122 Å². The van der Waals surface area contributed by atoms with Crippen LogP contribution in [0.15, 0.2) is 0 Å². The first-order chi connectivity index (χ1) is 10.1. The van der Waals surface area contributed by atoms with Gasteiger partial charge in [-0.05, 0) is 30.2 Å². The standard InChI is InChI=1S/C12H21N5O4/c1-3-21-11(18)5-4-8-17-10(14-15-16-17)7-6-9(13)12(19)20-2/h9H,3-8,13H2,1-2H3/t9-/m0/s1. The van der Waals surface area contributed by atoms with Crippen LogP contribution >= 0.6 is 0 Å². The maximum atomic E-state index is 11.2. The van der Waals surface area contributed by atoms with E-state index in [0.717, 1.165) is 0 Å². The van der Waals surface area contributed by atoms with E-state index >= 15 is 0 Å². The molecule has 0 aliphatic heterocycles. The molecular formula is C12H21N5O4. The van der Waals surface area contributed by atoms with Gasteiger partial charge in [-0.15, -0.1) is 5.10 Å². The molecule has 118 valence electrons. The summed E-state index contributed by atoms with van der Waals surface area (Å²) >= 11 is 0. The highest BCUT2D eigenvalue weighted by atomic mass is 16.5. The minimum atomic E-state index is -0.695. The Morgan fingerprint density at radius 1 is 1.43 bits per heavy atom. The fourth-order valence-corrected chi connectivity index (χ4v) is 1.74. The van der Waals surface area contributed by atoms with Gasteiger partial charge >= 0.3 is 11.9 Å².